The smallest absolute Gasteiger partial charge is 0.319 e. The third-order valence-electron chi connectivity index (χ3n) is 2.80. The van der Waals surface area contributed by atoms with E-state index in [-0.39, 0.29) is 5.52 Å². The Balaban J connectivity index is 2.60. The van der Waals surface area contributed by atoms with E-state index in [9.17, 15) is 18.0 Å². The summed E-state index contributed by atoms with van der Waals surface area (Å²) in [4.78, 5) is 14.2. The molecule has 3 rings (SSSR count). The van der Waals surface area contributed by atoms with Crippen LogP contribution in [0.3, 0.4) is 0 Å². The van der Waals surface area contributed by atoms with Crippen LogP contribution in [0.4, 0.5) is 13.2 Å². The minimum atomic E-state index is -4.50. The molecule has 0 aliphatic heterocycles. The van der Waals surface area contributed by atoms with Gasteiger partial charge in [0.1, 0.15) is 11.2 Å². The van der Waals surface area contributed by atoms with Gasteiger partial charge in [0.25, 0.3) is 5.56 Å². The summed E-state index contributed by atoms with van der Waals surface area (Å²) in [6.07, 6.45) is -4.50. The molecule has 0 aliphatic rings. The molecule has 0 unspecified atom stereocenters. The van der Waals surface area contributed by atoms with E-state index in [1.807, 2.05) is 0 Å². The molecule has 0 spiro atoms. The van der Waals surface area contributed by atoms with Crippen molar-refractivity contribution >= 4 is 16.6 Å². The first kappa shape index (κ1) is 10.9. The van der Waals surface area contributed by atoms with E-state index in [1.54, 1.807) is 18.2 Å². The van der Waals surface area contributed by atoms with Crippen LogP contribution < -0.4 is 5.56 Å². The number of benzene rings is 1. The molecule has 0 saturated heterocycles. The molecule has 1 N–H and O–H groups in total. The molecule has 1 aromatic carbocycles. The number of para-hydroxylation sites is 2. The van der Waals surface area contributed by atoms with Crippen molar-refractivity contribution in [2.75, 3.05) is 0 Å². The Hall–Kier alpha value is -2.24. The maximum atomic E-state index is 12.9. The molecular weight excluding hydrogens is 245 g/mol. The molecular formula is C12H7F3N2O. The lowest BCUT2D eigenvalue weighted by atomic mass is 10.3. The number of aromatic nitrogens is 2. The van der Waals surface area contributed by atoms with Gasteiger partial charge in [0.15, 0.2) is 0 Å². The summed E-state index contributed by atoms with van der Waals surface area (Å²) >= 11 is 0. The highest BCUT2D eigenvalue weighted by Gasteiger charge is 2.34. The highest BCUT2D eigenvalue weighted by Crippen LogP contribution is 2.31. The van der Waals surface area contributed by atoms with Crippen LogP contribution in [0, 0.1) is 0 Å². The van der Waals surface area contributed by atoms with E-state index in [2.05, 4.69) is 4.98 Å². The highest BCUT2D eigenvalue weighted by atomic mass is 19.4. The quantitative estimate of drug-likeness (QED) is 0.656. The maximum Gasteiger partial charge on any atom is 0.431 e. The van der Waals surface area contributed by atoms with Crippen molar-refractivity contribution in [3.05, 3.63) is 52.4 Å². The van der Waals surface area contributed by atoms with Gasteiger partial charge in [-0.2, -0.15) is 13.2 Å². The Kier molecular flexibility index (Phi) is 2.04. The summed E-state index contributed by atoms with van der Waals surface area (Å²) in [5.41, 5.74) is -0.703. The zero-order chi connectivity index (χ0) is 12.9. The number of hydrogen-bond donors (Lipinski definition) is 1. The van der Waals surface area contributed by atoms with E-state index in [1.165, 1.54) is 12.1 Å². The van der Waals surface area contributed by atoms with Crippen LogP contribution in [0.25, 0.3) is 16.6 Å². The van der Waals surface area contributed by atoms with Crippen molar-refractivity contribution in [1.82, 2.24) is 9.38 Å². The number of rotatable bonds is 0. The average Bonchev–Trinajstić information content (AvgIpc) is 2.74. The number of nitrogens with zero attached hydrogens (tertiary/aromatic N) is 1. The Morgan fingerprint density at radius 3 is 2.44 bits per heavy atom. The van der Waals surface area contributed by atoms with Crippen LogP contribution >= 0.6 is 0 Å². The fourth-order valence-corrected chi connectivity index (χ4v) is 2.06. The average molecular weight is 252 g/mol. The molecule has 0 atom stereocenters. The standard InChI is InChI=1S/C12H7F3N2O/c13-12(14,15)10-6-5-9-11(18)16-7-3-1-2-4-8(7)17(9)10/h1-6H,(H,16,18). The van der Waals surface area contributed by atoms with Crippen LogP contribution in [0.2, 0.25) is 0 Å². The van der Waals surface area contributed by atoms with Gasteiger partial charge in [0.2, 0.25) is 0 Å². The molecule has 0 bridgehead atoms. The number of hydrogen-bond acceptors (Lipinski definition) is 1. The van der Waals surface area contributed by atoms with E-state index in [0.717, 1.165) is 10.5 Å². The molecule has 0 saturated carbocycles. The number of fused-ring (bicyclic) bond motifs is 3. The van der Waals surface area contributed by atoms with Crippen molar-refractivity contribution in [3.8, 4) is 0 Å². The monoisotopic (exact) mass is 252 g/mol. The predicted octanol–water partition coefficient (Wildman–Crippen LogP) is 2.80. The first-order valence-electron chi connectivity index (χ1n) is 5.18. The Morgan fingerprint density at radius 1 is 1.00 bits per heavy atom. The lowest BCUT2D eigenvalue weighted by molar-refractivity contribution is -0.141. The molecule has 0 fully saturated rings. The molecule has 18 heavy (non-hydrogen) atoms. The number of halogens is 3. The van der Waals surface area contributed by atoms with Crippen LogP contribution in [0.1, 0.15) is 5.69 Å². The summed E-state index contributed by atoms with van der Waals surface area (Å²) in [7, 11) is 0. The molecule has 2 aromatic heterocycles. The van der Waals surface area contributed by atoms with Crippen LogP contribution in [-0.4, -0.2) is 9.38 Å². The largest absolute Gasteiger partial charge is 0.431 e. The summed E-state index contributed by atoms with van der Waals surface area (Å²) in [6, 6.07) is 8.47. The molecule has 0 amide bonds. The molecule has 0 aliphatic carbocycles. The molecule has 3 aromatic rings. The van der Waals surface area contributed by atoms with Gasteiger partial charge in [-0.1, -0.05) is 12.1 Å². The molecule has 0 radical (unpaired) electrons. The fraction of sp³-hybridized carbons (Fsp3) is 0.0833. The third kappa shape index (κ3) is 1.42. The summed E-state index contributed by atoms with van der Waals surface area (Å²) in [5.74, 6) is 0. The first-order valence-corrected chi connectivity index (χ1v) is 5.18. The number of alkyl halides is 3. The fourth-order valence-electron chi connectivity index (χ4n) is 2.06. The zero-order valence-electron chi connectivity index (χ0n) is 8.95. The third-order valence-corrected chi connectivity index (χ3v) is 2.80. The second kappa shape index (κ2) is 3.38. The molecule has 2 heterocycles. The second-order valence-corrected chi connectivity index (χ2v) is 3.91. The van der Waals surface area contributed by atoms with Crippen LogP contribution in [-0.2, 0) is 6.18 Å². The van der Waals surface area contributed by atoms with Gasteiger partial charge in [-0.05, 0) is 24.3 Å². The summed E-state index contributed by atoms with van der Waals surface area (Å²) in [5, 5.41) is 0. The van der Waals surface area contributed by atoms with E-state index in [4.69, 9.17) is 0 Å². The minimum absolute atomic E-state index is 0.0129. The lowest BCUT2D eigenvalue weighted by Crippen LogP contribution is -2.15. The number of H-pyrrole nitrogens is 1. The van der Waals surface area contributed by atoms with Gasteiger partial charge in [-0.3, -0.25) is 9.20 Å². The highest BCUT2D eigenvalue weighted by molar-refractivity contribution is 5.78. The van der Waals surface area contributed by atoms with Gasteiger partial charge in [0, 0.05) is 0 Å². The molecule has 6 heteroatoms. The van der Waals surface area contributed by atoms with Gasteiger partial charge in [-0.25, -0.2) is 0 Å². The zero-order valence-corrected chi connectivity index (χ0v) is 8.95. The van der Waals surface area contributed by atoms with Crippen LogP contribution in [0.15, 0.2) is 41.2 Å². The van der Waals surface area contributed by atoms with Gasteiger partial charge < -0.3 is 4.98 Å². The number of aromatic amines is 1. The maximum absolute atomic E-state index is 12.9. The van der Waals surface area contributed by atoms with E-state index in [0.29, 0.717) is 11.0 Å². The molecule has 92 valence electrons. The normalized spacial score (nSPS) is 12.4. The summed E-state index contributed by atoms with van der Waals surface area (Å²) < 4.78 is 39.6. The van der Waals surface area contributed by atoms with Crippen molar-refractivity contribution < 1.29 is 13.2 Å². The second-order valence-electron chi connectivity index (χ2n) is 3.91. The van der Waals surface area contributed by atoms with E-state index < -0.39 is 17.4 Å². The minimum Gasteiger partial charge on any atom is -0.319 e. The van der Waals surface area contributed by atoms with Crippen molar-refractivity contribution in [2.45, 2.75) is 6.18 Å². The Morgan fingerprint density at radius 2 is 1.72 bits per heavy atom. The van der Waals surface area contributed by atoms with Crippen LogP contribution in [0.5, 0.6) is 0 Å². The Labute approximate surface area is 98.5 Å². The lowest BCUT2D eigenvalue weighted by Gasteiger charge is -2.09. The summed E-state index contributed by atoms with van der Waals surface area (Å²) in [6.45, 7) is 0. The van der Waals surface area contributed by atoms with Crippen molar-refractivity contribution in [3.63, 3.8) is 0 Å². The van der Waals surface area contributed by atoms with Gasteiger partial charge in [-0.15, -0.1) is 0 Å². The van der Waals surface area contributed by atoms with Gasteiger partial charge >= 0.3 is 6.18 Å². The predicted molar refractivity (Wildman–Crippen MR) is 60.5 cm³/mol. The van der Waals surface area contributed by atoms with Crippen molar-refractivity contribution in [1.29, 1.82) is 0 Å². The Bertz CT molecular complexity index is 798. The number of nitrogens with one attached hydrogen (secondary N) is 1. The van der Waals surface area contributed by atoms with Gasteiger partial charge in [0.05, 0.1) is 11.0 Å². The topological polar surface area (TPSA) is 37.3 Å². The van der Waals surface area contributed by atoms with E-state index >= 15 is 0 Å². The SMILES string of the molecule is O=c1[nH]c2ccccc2n2c(C(F)(F)F)ccc12. The molecule has 3 nitrogen and oxygen atoms in total. The first-order chi connectivity index (χ1) is 8.48. The van der Waals surface area contributed by atoms with Crippen molar-refractivity contribution in [2.24, 2.45) is 0 Å².